The summed E-state index contributed by atoms with van der Waals surface area (Å²) >= 11 is 0. The van der Waals surface area contributed by atoms with E-state index in [0.717, 1.165) is 12.1 Å². The van der Waals surface area contributed by atoms with Crippen molar-refractivity contribution in [1.29, 1.82) is 0 Å². The van der Waals surface area contributed by atoms with Gasteiger partial charge in [-0.1, -0.05) is 39.0 Å². The molecule has 0 aliphatic rings. The molecule has 4 heteroatoms. The molecule has 18 heavy (non-hydrogen) atoms. The van der Waals surface area contributed by atoms with E-state index in [2.05, 4.69) is 0 Å². The highest BCUT2D eigenvalue weighted by Crippen LogP contribution is 2.30. The molecule has 0 fully saturated rings. The maximum atomic E-state index is 12.5. The van der Waals surface area contributed by atoms with Crippen molar-refractivity contribution in [3.8, 4) is 0 Å². The standard InChI is InChI=1S/C14H19F3O/c1-13(2,3)9-12(18)8-10-5-4-6-11(7-10)14(15,16)17/h4-7,12,18H,8-9H2,1-3H3. The summed E-state index contributed by atoms with van der Waals surface area (Å²) in [6, 6.07) is 5.13. The molecule has 1 rings (SSSR count). The molecule has 1 nitrogen and oxygen atoms in total. The van der Waals surface area contributed by atoms with Crippen LogP contribution in [0.3, 0.4) is 0 Å². The van der Waals surface area contributed by atoms with E-state index in [1.165, 1.54) is 6.07 Å². The zero-order chi connectivity index (χ0) is 14.0. The maximum Gasteiger partial charge on any atom is 0.416 e. The minimum Gasteiger partial charge on any atom is -0.393 e. The van der Waals surface area contributed by atoms with Gasteiger partial charge in [0.1, 0.15) is 0 Å². The quantitative estimate of drug-likeness (QED) is 0.869. The molecule has 0 spiro atoms. The topological polar surface area (TPSA) is 20.2 Å². The lowest BCUT2D eigenvalue weighted by molar-refractivity contribution is -0.137. The van der Waals surface area contributed by atoms with Gasteiger partial charge in [-0.15, -0.1) is 0 Å². The van der Waals surface area contributed by atoms with Crippen molar-refractivity contribution in [2.75, 3.05) is 0 Å². The number of hydrogen-bond acceptors (Lipinski definition) is 1. The molecular weight excluding hydrogens is 241 g/mol. The Bertz CT molecular complexity index is 391. The van der Waals surface area contributed by atoms with Gasteiger partial charge in [-0.3, -0.25) is 0 Å². The van der Waals surface area contributed by atoms with Crippen LogP contribution in [-0.2, 0) is 12.6 Å². The smallest absolute Gasteiger partial charge is 0.393 e. The zero-order valence-electron chi connectivity index (χ0n) is 10.9. The third-order valence-electron chi connectivity index (χ3n) is 2.57. The molecule has 1 unspecified atom stereocenters. The van der Waals surface area contributed by atoms with E-state index >= 15 is 0 Å². The van der Waals surface area contributed by atoms with E-state index in [0.29, 0.717) is 12.0 Å². The van der Waals surface area contributed by atoms with E-state index in [9.17, 15) is 18.3 Å². The van der Waals surface area contributed by atoms with E-state index in [-0.39, 0.29) is 11.8 Å². The van der Waals surface area contributed by atoms with Crippen molar-refractivity contribution in [2.45, 2.75) is 45.9 Å². The summed E-state index contributed by atoms with van der Waals surface area (Å²) in [7, 11) is 0. The predicted octanol–water partition coefficient (Wildman–Crippen LogP) is 4.05. The van der Waals surface area contributed by atoms with Crippen LogP contribution in [0.1, 0.15) is 38.3 Å². The van der Waals surface area contributed by atoms with Crippen LogP contribution < -0.4 is 0 Å². The van der Waals surface area contributed by atoms with E-state index in [1.54, 1.807) is 6.07 Å². The summed E-state index contributed by atoms with van der Waals surface area (Å²) in [6.45, 7) is 5.97. The molecule has 0 aliphatic carbocycles. The number of benzene rings is 1. The number of rotatable bonds is 3. The molecule has 0 aliphatic heterocycles. The summed E-state index contributed by atoms with van der Waals surface area (Å²) in [6.07, 6.45) is -4.14. The predicted molar refractivity (Wildman–Crippen MR) is 65.2 cm³/mol. The van der Waals surface area contributed by atoms with Crippen LogP contribution in [0.15, 0.2) is 24.3 Å². The number of aliphatic hydroxyl groups excluding tert-OH is 1. The number of aliphatic hydroxyl groups is 1. The normalized spacial score (nSPS) is 14.6. The van der Waals surface area contributed by atoms with E-state index in [1.807, 2.05) is 20.8 Å². The van der Waals surface area contributed by atoms with Gasteiger partial charge in [0.05, 0.1) is 11.7 Å². The van der Waals surface area contributed by atoms with Gasteiger partial charge in [-0.25, -0.2) is 0 Å². The highest BCUT2D eigenvalue weighted by atomic mass is 19.4. The maximum absolute atomic E-state index is 12.5. The Hall–Kier alpha value is -1.03. The lowest BCUT2D eigenvalue weighted by Gasteiger charge is -2.22. The second kappa shape index (κ2) is 5.31. The van der Waals surface area contributed by atoms with Gasteiger partial charge >= 0.3 is 6.18 Å². The van der Waals surface area contributed by atoms with Crippen molar-refractivity contribution in [2.24, 2.45) is 5.41 Å². The Morgan fingerprint density at radius 1 is 1.17 bits per heavy atom. The molecule has 0 saturated heterocycles. The summed E-state index contributed by atoms with van der Waals surface area (Å²) in [5, 5.41) is 9.85. The third kappa shape index (κ3) is 5.08. The molecule has 1 aromatic rings. The minimum atomic E-state index is -4.33. The van der Waals surface area contributed by atoms with Crippen molar-refractivity contribution >= 4 is 0 Å². The van der Waals surface area contributed by atoms with Crippen LogP contribution in [-0.4, -0.2) is 11.2 Å². The monoisotopic (exact) mass is 260 g/mol. The van der Waals surface area contributed by atoms with Gasteiger partial charge in [0.2, 0.25) is 0 Å². The Morgan fingerprint density at radius 3 is 2.28 bits per heavy atom. The number of halogens is 3. The first-order valence-corrected chi connectivity index (χ1v) is 5.92. The number of alkyl halides is 3. The molecule has 0 heterocycles. The lowest BCUT2D eigenvalue weighted by Crippen LogP contribution is -2.19. The first kappa shape index (κ1) is 15.0. The highest BCUT2D eigenvalue weighted by Gasteiger charge is 2.30. The minimum absolute atomic E-state index is 0.0406. The molecule has 0 saturated carbocycles. The summed E-state index contributed by atoms with van der Waals surface area (Å²) in [5.41, 5.74) is -0.189. The van der Waals surface area contributed by atoms with Crippen molar-refractivity contribution in [1.82, 2.24) is 0 Å². The van der Waals surface area contributed by atoms with E-state index in [4.69, 9.17) is 0 Å². The van der Waals surface area contributed by atoms with Crippen molar-refractivity contribution in [3.63, 3.8) is 0 Å². The Kier molecular flexibility index (Phi) is 4.43. The highest BCUT2D eigenvalue weighted by molar-refractivity contribution is 5.26. The molecule has 0 radical (unpaired) electrons. The molecule has 1 atom stereocenters. The van der Waals surface area contributed by atoms with Gasteiger partial charge < -0.3 is 5.11 Å². The van der Waals surface area contributed by atoms with Crippen molar-refractivity contribution < 1.29 is 18.3 Å². The van der Waals surface area contributed by atoms with Gasteiger partial charge in [0.15, 0.2) is 0 Å². The van der Waals surface area contributed by atoms with Crippen molar-refractivity contribution in [3.05, 3.63) is 35.4 Å². The molecule has 102 valence electrons. The molecule has 1 aromatic carbocycles. The second-order valence-corrected chi connectivity index (χ2v) is 5.82. The summed E-state index contributed by atoms with van der Waals surface area (Å²) < 4.78 is 37.5. The fraction of sp³-hybridized carbons (Fsp3) is 0.571. The first-order valence-electron chi connectivity index (χ1n) is 5.92. The van der Waals surface area contributed by atoms with Gasteiger partial charge in [-0.05, 0) is 29.9 Å². The lowest BCUT2D eigenvalue weighted by atomic mass is 9.87. The van der Waals surface area contributed by atoms with Crippen LogP contribution in [0.5, 0.6) is 0 Å². The first-order chi connectivity index (χ1) is 8.08. The van der Waals surface area contributed by atoms with Gasteiger partial charge in [0.25, 0.3) is 0 Å². The molecule has 1 N–H and O–H groups in total. The summed E-state index contributed by atoms with van der Waals surface area (Å²) in [5.74, 6) is 0. The molecule has 0 aromatic heterocycles. The zero-order valence-corrected chi connectivity index (χ0v) is 10.9. The second-order valence-electron chi connectivity index (χ2n) is 5.82. The Morgan fingerprint density at radius 2 is 1.78 bits per heavy atom. The van der Waals surface area contributed by atoms with Crippen LogP contribution in [0, 0.1) is 5.41 Å². The fourth-order valence-electron chi connectivity index (χ4n) is 1.93. The fourth-order valence-corrected chi connectivity index (χ4v) is 1.93. The average molecular weight is 260 g/mol. The Labute approximate surface area is 106 Å². The van der Waals surface area contributed by atoms with Crippen LogP contribution >= 0.6 is 0 Å². The largest absolute Gasteiger partial charge is 0.416 e. The Balaban J connectivity index is 2.74. The van der Waals surface area contributed by atoms with Crippen LogP contribution in [0.2, 0.25) is 0 Å². The third-order valence-corrected chi connectivity index (χ3v) is 2.57. The van der Waals surface area contributed by atoms with Crippen LogP contribution in [0.25, 0.3) is 0 Å². The number of hydrogen-bond donors (Lipinski definition) is 1. The SMILES string of the molecule is CC(C)(C)CC(O)Cc1cccc(C(F)(F)F)c1. The molecule has 0 bridgehead atoms. The molecular formula is C14H19F3O. The summed E-state index contributed by atoms with van der Waals surface area (Å²) in [4.78, 5) is 0. The molecule has 0 amide bonds. The average Bonchev–Trinajstić information content (AvgIpc) is 2.13. The van der Waals surface area contributed by atoms with Gasteiger partial charge in [-0.2, -0.15) is 13.2 Å². The van der Waals surface area contributed by atoms with Gasteiger partial charge in [0, 0.05) is 0 Å². The van der Waals surface area contributed by atoms with E-state index < -0.39 is 17.8 Å². The van der Waals surface area contributed by atoms with Crippen LogP contribution in [0.4, 0.5) is 13.2 Å².